The molecule has 23 heavy (non-hydrogen) atoms. The van der Waals surface area contributed by atoms with Gasteiger partial charge in [-0.3, -0.25) is 4.79 Å². The Hall–Kier alpha value is -1.96. The van der Waals surface area contributed by atoms with Crippen LogP contribution < -0.4 is 0 Å². The lowest BCUT2D eigenvalue weighted by Gasteiger charge is -2.51. The van der Waals surface area contributed by atoms with Gasteiger partial charge in [0.1, 0.15) is 6.29 Å². The normalized spacial score (nSPS) is 32.1. The van der Waals surface area contributed by atoms with E-state index in [1.807, 2.05) is 24.3 Å². The van der Waals surface area contributed by atoms with Crippen LogP contribution in [0.25, 0.3) is 0 Å². The maximum absolute atomic E-state index is 12.9. The lowest BCUT2D eigenvalue weighted by atomic mass is 9.49. The van der Waals surface area contributed by atoms with Crippen molar-refractivity contribution in [3.05, 3.63) is 59.7 Å². The smallest absolute Gasteiger partial charge is 0.169 e. The van der Waals surface area contributed by atoms with Crippen molar-refractivity contribution in [1.29, 1.82) is 0 Å². The standard InChI is InChI=1S/C21H24O2/c1-15-9-10-18-20(2,3)12-11-19(23)21(18,14-22)17(15)13-16-7-5-4-6-8-16/h4-9,11-12,14,17-18H,10,13H2,1-3H3/t17-,18+,21+/m1/s1. The van der Waals surface area contributed by atoms with Crippen LogP contribution in [0.15, 0.2) is 54.1 Å². The first kappa shape index (κ1) is 15.9. The lowest BCUT2D eigenvalue weighted by Crippen LogP contribution is -2.55. The van der Waals surface area contributed by atoms with Gasteiger partial charge in [0.05, 0.1) is 5.41 Å². The lowest BCUT2D eigenvalue weighted by molar-refractivity contribution is -0.143. The van der Waals surface area contributed by atoms with Crippen molar-refractivity contribution in [3.8, 4) is 0 Å². The van der Waals surface area contributed by atoms with Gasteiger partial charge >= 0.3 is 0 Å². The molecular weight excluding hydrogens is 284 g/mol. The number of allylic oxidation sites excluding steroid dienone is 4. The highest BCUT2D eigenvalue weighted by atomic mass is 16.1. The largest absolute Gasteiger partial charge is 0.302 e. The van der Waals surface area contributed by atoms with Crippen LogP contribution in [-0.4, -0.2) is 12.1 Å². The fraction of sp³-hybridized carbons (Fsp3) is 0.429. The topological polar surface area (TPSA) is 34.1 Å². The van der Waals surface area contributed by atoms with Crippen LogP contribution in [0.5, 0.6) is 0 Å². The summed E-state index contributed by atoms with van der Waals surface area (Å²) in [6, 6.07) is 10.2. The third-order valence-electron chi connectivity index (χ3n) is 5.85. The summed E-state index contributed by atoms with van der Waals surface area (Å²) in [6.45, 7) is 6.33. The summed E-state index contributed by atoms with van der Waals surface area (Å²) in [5.74, 6) is -0.0505. The van der Waals surface area contributed by atoms with Gasteiger partial charge < -0.3 is 4.79 Å². The summed E-state index contributed by atoms with van der Waals surface area (Å²) in [5.41, 5.74) is 1.26. The molecule has 1 aromatic rings. The molecule has 2 aliphatic carbocycles. The molecule has 2 heteroatoms. The SMILES string of the molecule is CC1=CC[C@H]2C(C)(C)C=CC(=O)[C@@]2(C=O)[C@@H]1Cc1ccccc1. The minimum Gasteiger partial charge on any atom is -0.302 e. The van der Waals surface area contributed by atoms with Gasteiger partial charge in [0.2, 0.25) is 0 Å². The number of hydrogen-bond donors (Lipinski definition) is 0. The molecule has 0 saturated heterocycles. The van der Waals surface area contributed by atoms with Crippen LogP contribution >= 0.6 is 0 Å². The fourth-order valence-corrected chi connectivity index (χ4v) is 4.48. The molecule has 0 aliphatic heterocycles. The molecule has 0 N–H and O–H groups in total. The average Bonchev–Trinajstić information content (AvgIpc) is 2.54. The number of fused-ring (bicyclic) bond motifs is 1. The molecule has 0 aromatic heterocycles. The second-order valence-electron chi connectivity index (χ2n) is 7.55. The molecule has 0 fully saturated rings. The van der Waals surface area contributed by atoms with Crippen molar-refractivity contribution in [1.82, 2.24) is 0 Å². The number of carbonyl (C=O) groups excluding carboxylic acids is 2. The second-order valence-corrected chi connectivity index (χ2v) is 7.55. The molecule has 0 amide bonds. The molecule has 3 atom stereocenters. The van der Waals surface area contributed by atoms with E-state index >= 15 is 0 Å². The maximum atomic E-state index is 12.9. The Morgan fingerprint density at radius 1 is 1.22 bits per heavy atom. The van der Waals surface area contributed by atoms with E-state index in [2.05, 4.69) is 39.0 Å². The van der Waals surface area contributed by atoms with E-state index in [9.17, 15) is 9.59 Å². The Kier molecular flexibility index (Phi) is 3.87. The van der Waals surface area contributed by atoms with E-state index in [4.69, 9.17) is 0 Å². The van der Waals surface area contributed by atoms with Crippen molar-refractivity contribution in [2.24, 2.45) is 22.7 Å². The first-order valence-electron chi connectivity index (χ1n) is 8.32. The molecular formula is C21H24O2. The van der Waals surface area contributed by atoms with Crippen LogP contribution in [0.2, 0.25) is 0 Å². The third kappa shape index (κ3) is 2.41. The summed E-state index contributed by atoms with van der Waals surface area (Å²) in [5, 5.41) is 0. The van der Waals surface area contributed by atoms with Crippen molar-refractivity contribution in [3.63, 3.8) is 0 Å². The molecule has 0 unspecified atom stereocenters. The summed E-state index contributed by atoms with van der Waals surface area (Å²) >= 11 is 0. The van der Waals surface area contributed by atoms with E-state index in [-0.39, 0.29) is 23.0 Å². The highest BCUT2D eigenvalue weighted by molar-refractivity contribution is 6.07. The van der Waals surface area contributed by atoms with Crippen molar-refractivity contribution < 1.29 is 9.59 Å². The number of rotatable bonds is 3. The Labute approximate surface area is 138 Å². The number of carbonyl (C=O) groups is 2. The van der Waals surface area contributed by atoms with Crippen LogP contribution in [-0.2, 0) is 16.0 Å². The van der Waals surface area contributed by atoms with Gasteiger partial charge in [0, 0.05) is 5.92 Å². The van der Waals surface area contributed by atoms with Crippen LogP contribution in [0.3, 0.4) is 0 Å². The van der Waals surface area contributed by atoms with Crippen LogP contribution in [0.1, 0.15) is 32.8 Å². The van der Waals surface area contributed by atoms with Gasteiger partial charge in [-0.05, 0) is 42.7 Å². The Bertz CT molecular complexity index is 681. The molecule has 0 spiro atoms. The first-order chi connectivity index (χ1) is 10.9. The molecule has 1 aromatic carbocycles. The monoisotopic (exact) mass is 308 g/mol. The molecule has 0 radical (unpaired) electrons. The average molecular weight is 308 g/mol. The number of ketones is 1. The molecule has 2 aliphatic rings. The predicted octanol–water partition coefficient (Wildman–Crippen LogP) is 4.16. The molecule has 0 heterocycles. The Balaban J connectivity index is 2.11. The number of hydrogen-bond acceptors (Lipinski definition) is 2. The molecule has 0 bridgehead atoms. The zero-order valence-electron chi connectivity index (χ0n) is 14.1. The van der Waals surface area contributed by atoms with Crippen LogP contribution in [0, 0.1) is 22.7 Å². The number of aldehydes is 1. The molecule has 3 rings (SSSR count). The van der Waals surface area contributed by atoms with E-state index in [0.717, 1.165) is 24.7 Å². The van der Waals surface area contributed by atoms with Crippen molar-refractivity contribution in [2.75, 3.05) is 0 Å². The van der Waals surface area contributed by atoms with Gasteiger partial charge in [-0.2, -0.15) is 0 Å². The predicted molar refractivity (Wildman–Crippen MR) is 91.9 cm³/mol. The summed E-state index contributed by atoms with van der Waals surface area (Å²) < 4.78 is 0. The second kappa shape index (κ2) is 5.59. The highest BCUT2D eigenvalue weighted by Crippen LogP contribution is 2.55. The van der Waals surface area contributed by atoms with Crippen molar-refractivity contribution >= 4 is 12.1 Å². The van der Waals surface area contributed by atoms with Gasteiger partial charge in [-0.15, -0.1) is 0 Å². The zero-order chi connectivity index (χ0) is 16.7. The van der Waals surface area contributed by atoms with Gasteiger partial charge in [-0.1, -0.05) is 61.9 Å². The van der Waals surface area contributed by atoms with E-state index in [0.29, 0.717) is 0 Å². The summed E-state index contributed by atoms with van der Waals surface area (Å²) in [4.78, 5) is 25.1. The Morgan fingerprint density at radius 2 is 1.91 bits per heavy atom. The van der Waals surface area contributed by atoms with Gasteiger partial charge in [0.25, 0.3) is 0 Å². The van der Waals surface area contributed by atoms with Gasteiger partial charge in [-0.25, -0.2) is 0 Å². The minimum atomic E-state index is -0.924. The van der Waals surface area contributed by atoms with Gasteiger partial charge in [0.15, 0.2) is 5.78 Å². The fourth-order valence-electron chi connectivity index (χ4n) is 4.48. The highest BCUT2D eigenvalue weighted by Gasteiger charge is 2.57. The molecule has 0 saturated carbocycles. The first-order valence-corrected chi connectivity index (χ1v) is 8.32. The minimum absolute atomic E-state index is 0.0230. The van der Waals surface area contributed by atoms with Crippen LogP contribution in [0.4, 0.5) is 0 Å². The summed E-state index contributed by atoms with van der Waals surface area (Å²) in [7, 11) is 0. The maximum Gasteiger partial charge on any atom is 0.169 e. The molecule has 2 nitrogen and oxygen atoms in total. The Morgan fingerprint density at radius 3 is 2.57 bits per heavy atom. The number of benzene rings is 1. The van der Waals surface area contributed by atoms with Crippen molar-refractivity contribution in [2.45, 2.75) is 33.6 Å². The molecule has 120 valence electrons. The zero-order valence-corrected chi connectivity index (χ0v) is 14.1. The van der Waals surface area contributed by atoms with E-state index in [1.165, 1.54) is 5.56 Å². The quantitative estimate of drug-likeness (QED) is 0.477. The summed E-state index contributed by atoms with van der Waals surface area (Å²) in [6.07, 6.45) is 8.33. The third-order valence-corrected chi connectivity index (χ3v) is 5.85. The van der Waals surface area contributed by atoms with E-state index < -0.39 is 5.41 Å². The van der Waals surface area contributed by atoms with E-state index in [1.54, 1.807) is 6.08 Å².